The van der Waals surface area contributed by atoms with Gasteiger partial charge >= 0.3 is 6.09 Å². The molecule has 1 aromatic carbocycles. The molecule has 1 aromatic rings. The fraction of sp³-hybridized carbons (Fsp3) is 0.690. The predicted octanol–water partition coefficient (Wildman–Crippen LogP) is 5.82. The Kier molecular flexibility index (Phi) is 14.1. The Morgan fingerprint density at radius 1 is 1.05 bits per heavy atom. The molecule has 37 heavy (non-hydrogen) atoms. The van der Waals surface area contributed by atoms with Crippen molar-refractivity contribution in [2.24, 2.45) is 5.92 Å². The van der Waals surface area contributed by atoms with Gasteiger partial charge in [-0.1, -0.05) is 57.9 Å². The maximum atomic E-state index is 14.1. The van der Waals surface area contributed by atoms with Crippen molar-refractivity contribution < 1.29 is 19.1 Å². The van der Waals surface area contributed by atoms with Crippen LogP contribution in [0, 0.1) is 12.8 Å². The fourth-order valence-electron chi connectivity index (χ4n) is 4.12. The van der Waals surface area contributed by atoms with Gasteiger partial charge in [-0.05, 0) is 70.9 Å². The van der Waals surface area contributed by atoms with E-state index in [1.54, 1.807) is 25.7 Å². The molecule has 2 N–H and O–H groups in total. The molecular formula is C29H49N3O4S. The third-order valence-corrected chi connectivity index (χ3v) is 6.52. The van der Waals surface area contributed by atoms with E-state index in [1.807, 2.05) is 38.1 Å². The molecule has 0 bridgehead atoms. The van der Waals surface area contributed by atoms with E-state index in [0.29, 0.717) is 12.5 Å². The zero-order chi connectivity index (χ0) is 28.2. The number of hydrogen-bond donors (Lipinski definition) is 3. The second kappa shape index (κ2) is 15.9. The highest BCUT2D eigenvalue weighted by Gasteiger charge is 2.38. The van der Waals surface area contributed by atoms with E-state index in [0.717, 1.165) is 43.2 Å². The normalized spacial score (nSPS) is 14.0. The van der Waals surface area contributed by atoms with Gasteiger partial charge in [0.05, 0.1) is 0 Å². The average molecular weight is 536 g/mol. The molecule has 0 fully saturated rings. The lowest BCUT2D eigenvalue weighted by molar-refractivity contribution is -0.144. The zero-order valence-electron chi connectivity index (χ0n) is 24.1. The van der Waals surface area contributed by atoms with E-state index in [9.17, 15) is 14.4 Å². The quantitative estimate of drug-likeness (QED) is 0.207. The van der Waals surface area contributed by atoms with Crippen LogP contribution in [-0.4, -0.2) is 52.8 Å². The first kappa shape index (κ1) is 32.8. The first-order valence-electron chi connectivity index (χ1n) is 13.6. The molecule has 0 saturated heterocycles. The number of alkyl carbamates (subject to hydrolysis) is 1. The summed E-state index contributed by atoms with van der Waals surface area (Å²) in [7, 11) is 0. The topological polar surface area (TPSA) is 87.7 Å². The van der Waals surface area contributed by atoms with Gasteiger partial charge in [-0.3, -0.25) is 9.59 Å². The number of nitrogens with one attached hydrogen (secondary N) is 2. The number of ether oxygens (including phenoxy) is 1. The molecule has 1 rings (SSSR count). The van der Waals surface area contributed by atoms with Crippen LogP contribution in [0.2, 0.25) is 0 Å². The van der Waals surface area contributed by atoms with Crippen molar-refractivity contribution in [1.29, 1.82) is 0 Å². The molecule has 0 aliphatic rings. The minimum Gasteiger partial charge on any atom is -0.444 e. The minimum atomic E-state index is -0.945. The predicted molar refractivity (Wildman–Crippen MR) is 154 cm³/mol. The van der Waals surface area contributed by atoms with Gasteiger partial charge in [-0.15, -0.1) is 0 Å². The lowest BCUT2D eigenvalue weighted by Crippen LogP contribution is -2.56. The molecule has 0 aliphatic carbocycles. The van der Waals surface area contributed by atoms with Crippen LogP contribution in [0.4, 0.5) is 4.79 Å². The van der Waals surface area contributed by atoms with Crippen LogP contribution in [0.15, 0.2) is 24.3 Å². The Balaban J connectivity index is 3.47. The van der Waals surface area contributed by atoms with E-state index >= 15 is 0 Å². The molecule has 0 radical (unpaired) electrons. The van der Waals surface area contributed by atoms with Crippen LogP contribution in [0.25, 0.3) is 0 Å². The summed E-state index contributed by atoms with van der Waals surface area (Å²) in [5, 5.41) is 5.75. The van der Waals surface area contributed by atoms with Gasteiger partial charge in [0.2, 0.25) is 11.8 Å². The van der Waals surface area contributed by atoms with Gasteiger partial charge < -0.3 is 20.3 Å². The van der Waals surface area contributed by atoms with Gasteiger partial charge in [0.15, 0.2) is 0 Å². The summed E-state index contributed by atoms with van der Waals surface area (Å²) in [5.41, 5.74) is 0.989. The van der Waals surface area contributed by atoms with E-state index in [1.165, 1.54) is 0 Å². The molecular weight excluding hydrogens is 486 g/mol. The number of carbonyl (C=O) groups is 3. The number of carbonyl (C=O) groups excluding carboxylic acids is 3. The Morgan fingerprint density at radius 3 is 2.24 bits per heavy atom. The van der Waals surface area contributed by atoms with E-state index in [-0.39, 0.29) is 23.6 Å². The molecule has 0 aromatic heterocycles. The summed E-state index contributed by atoms with van der Waals surface area (Å²) in [6.45, 7) is 16.2. The Hall–Kier alpha value is -2.22. The standard InChI is InChI=1S/C29H49N3O4S/c1-9-10-13-18-30-26(33)25(23-15-12-11-14-21(23)4)32(22(5)17-16-20(2)3)27(34)24(19-37)31-28(35)36-29(6,7)8/h11-12,14-15,20,22,24-25,37H,9-10,13,16-19H2,1-8H3,(H,30,33)(H,31,35). The van der Waals surface area contributed by atoms with Crippen LogP contribution < -0.4 is 10.6 Å². The van der Waals surface area contributed by atoms with Crippen LogP contribution in [0.3, 0.4) is 0 Å². The average Bonchev–Trinajstić information content (AvgIpc) is 2.81. The summed E-state index contributed by atoms with van der Waals surface area (Å²) >= 11 is 4.38. The number of amides is 3. The number of rotatable bonds is 14. The number of aryl methyl sites for hydroxylation is 1. The highest BCUT2D eigenvalue weighted by Crippen LogP contribution is 2.29. The van der Waals surface area contributed by atoms with Crippen molar-refractivity contribution in [3.8, 4) is 0 Å². The van der Waals surface area contributed by atoms with Crippen LogP contribution in [0.5, 0.6) is 0 Å². The number of benzene rings is 1. The summed E-state index contributed by atoms with van der Waals surface area (Å²) < 4.78 is 5.39. The van der Waals surface area contributed by atoms with Crippen molar-refractivity contribution in [2.45, 2.75) is 111 Å². The lowest BCUT2D eigenvalue weighted by atomic mass is 9.95. The maximum absolute atomic E-state index is 14.1. The monoisotopic (exact) mass is 535 g/mol. The summed E-state index contributed by atoms with van der Waals surface area (Å²) in [4.78, 5) is 42.0. The first-order valence-corrected chi connectivity index (χ1v) is 14.2. The SMILES string of the molecule is CCCCCNC(=O)C(c1ccccc1C)N(C(=O)C(CS)NC(=O)OC(C)(C)C)C(C)CCC(C)C. The summed E-state index contributed by atoms with van der Waals surface area (Å²) in [6, 6.07) is 5.63. The molecule has 0 spiro atoms. The fourth-order valence-corrected chi connectivity index (χ4v) is 4.37. The second-order valence-corrected chi connectivity index (χ2v) is 11.6. The van der Waals surface area contributed by atoms with Crippen molar-refractivity contribution in [3.05, 3.63) is 35.4 Å². The molecule has 8 heteroatoms. The van der Waals surface area contributed by atoms with Crippen molar-refractivity contribution in [1.82, 2.24) is 15.5 Å². The number of thiol groups is 1. The van der Waals surface area contributed by atoms with Crippen LogP contribution in [0.1, 0.15) is 97.7 Å². The van der Waals surface area contributed by atoms with Gasteiger partial charge in [-0.25, -0.2) is 4.79 Å². The molecule has 3 amide bonds. The van der Waals surface area contributed by atoms with E-state index in [2.05, 4.69) is 44.0 Å². The first-order chi connectivity index (χ1) is 17.3. The molecule has 0 aliphatic heterocycles. The summed E-state index contributed by atoms with van der Waals surface area (Å²) in [6.07, 6.45) is 3.87. The third-order valence-electron chi connectivity index (χ3n) is 6.15. The Bertz CT molecular complexity index is 869. The Labute approximate surface area is 229 Å². The van der Waals surface area contributed by atoms with Gasteiger partial charge in [0.25, 0.3) is 0 Å². The number of nitrogens with zero attached hydrogens (tertiary/aromatic N) is 1. The van der Waals surface area contributed by atoms with Gasteiger partial charge in [-0.2, -0.15) is 12.6 Å². The van der Waals surface area contributed by atoms with Gasteiger partial charge in [0.1, 0.15) is 17.7 Å². The number of unbranched alkanes of at least 4 members (excludes halogenated alkanes) is 2. The van der Waals surface area contributed by atoms with Crippen LogP contribution in [-0.2, 0) is 14.3 Å². The van der Waals surface area contributed by atoms with Gasteiger partial charge in [0, 0.05) is 18.3 Å². The number of hydrogen-bond acceptors (Lipinski definition) is 5. The Morgan fingerprint density at radius 2 is 1.70 bits per heavy atom. The second-order valence-electron chi connectivity index (χ2n) is 11.2. The molecule has 0 saturated carbocycles. The third kappa shape index (κ3) is 11.4. The zero-order valence-corrected chi connectivity index (χ0v) is 25.0. The summed E-state index contributed by atoms with van der Waals surface area (Å²) in [5.74, 6) is -0.0523. The maximum Gasteiger partial charge on any atom is 0.408 e. The molecule has 3 unspecified atom stereocenters. The lowest BCUT2D eigenvalue weighted by Gasteiger charge is -2.39. The van der Waals surface area contributed by atoms with Crippen molar-refractivity contribution in [3.63, 3.8) is 0 Å². The van der Waals surface area contributed by atoms with Crippen molar-refractivity contribution in [2.75, 3.05) is 12.3 Å². The van der Waals surface area contributed by atoms with Crippen molar-refractivity contribution >= 4 is 30.5 Å². The molecule has 7 nitrogen and oxygen atoms in total. The smallest absolute Gasteiger partial charge is 0.408 e. The highest BCUT2D eigenvalue weighted by atomic mass is 32.1. The molecule has 210 valence electrons. The van der Waals surface area contributed by atoms with E-state index in [4.69, 9.17) is 4.74 Å². The molecule has 0 heterocycles. The van der Waals surface area contributed by atoms with E-state index < -0.39 is 23.8 Å². The minimum absolute atomic E-state index is 0.0735. The largest absolute Gasteiger partial charge is 0.444 e. The van der Waals surface area contributed by atoms with Crippen LogP contribution >= 0.6 is 12.6 Å². The highest BCUT2D eigenvalue weighted by molar-refractivity contribution is 7.80. The molecule has 3 atom stereocenters.